The van der Waals surface area contributed by atoms with Crippen molar-refractivity contribution in [2.45, 2.75) is 12.8 Å². The van der Waals surface area contributed by atoms with Gasteiger partial charge in [0, 0.05) is 24.5 Å². The van der Waals surface area contributed by atoms with E-state index in [9.17, 15) is 4.79 Å². The molecule has 0 unspecified atom stereocenters. The summed E-state index contributed by atoms with van der Waals surface area (Å²) in [6, 6.07) is 6.68. The number of hydrogen-bond donors (Lipinski definition) is 1. The van der Waals surface area contributed by atoms with Crippen molar-refractivity contribution in [3.63, 3.8) is 0 Å². The van der Waals surface area contributed by atoms with Crippen LogP contribution in [0, 0.1) is 0 Å². The van der Waals surface area contributed by atoms with E-state index in [-0.39, 0.29) is 11.1 Å². The first-order chi connectivity index (χ1) is 11.7. The van der Waals surface area contributed by atoms with Crippen LogP contribution in [0.1, 0.15) is 23.2 Å². The minimum absolute atomic E-state index is 0.269. The van der Waals surface area contributed by atoms with Gasteiger partial charge in [0.05, 0.1) is 0 Å². The van der Waals surface area contributed by atoms with Crippen molar-refractivity contribution in [1.82, 2.24) is 14.9 Å². The van der Waals surface area contributed by atoms with E-state index in [1.54, 1.807) is 24.4 Å². The molecule has 0 atom stereocenters. The van der Waals surface area contributed by atoms with E-state index < -0.39 is 0 Å². The molecule has 0 saturated carbocycles. The molecule has 1 N–H and O–H groups in total. The van der Waals surface area contributed by atoms with E-state index >= 15 is 0 Å². The molecular weight excluding hydrogens is 328 g/mol. The average molecular weight is 347 g/mol. The first kappa shape index (κ1) is 16.7. The van der Waals surface area contributed by atoms with Crippen molar-refractivity contribution in [3.05, 3.63) is 47.4 Å². The van der Waals surface area contributed by atoms with Crippen molar-refractivity contribution < 1.29 is 9.53 Å². The fourth-order valence-electron chi connectivity index (χ4n) is 2.62. The van der Waals surface area contributed by atoms with Gasteiger partial charge in [-0.15, -0.1) is 0 Å². The van der Waals surface area contributed by atoms with Gasteiger partial charge in [-0.25, -0.2) is 9.97 Å². The molecule has 2 aromatic rings. The van der Waals surface area contributed by atoms with Crippen LogP contribution in [0.15, 0.2) is 36.7 Å². The largest absolute Gasteiger partial charge is 0.488 e. The van der Waals surface area contributed by atoms with Crippen molar-refractivity contribution in [1.29, 1.82) is 0 Å². The molecule has 0 radical (unpaired) electrons. The minimum Gasteiger partial charge on any atom is -0.488 e. The van der Waals surface area contributed by atoms with Crippen LogP contribution in [-0.4, -0.2) is 47.0 Å². The molecule has 0 bridgehead atoms. The van der Waals surface area contributed by atoms with Gasteiger partial charge in [-0.05, 0) is 50.2 Å². The fraction of sp³-hybridized carbons (Fsp3) is 0.353. The van der Waals surface area contributed by atoms with Gasteiger partial charge in [0.15, 0.2) is 11.6 Å². The number of rotatable bonds is 6. The third kappa shape index (κ3) is 4.43. The number of anilines is 1. The second-order valence-electron chi connectivity index (χ2n) is 5.57. The molecule has 24 heavy (non-hydrogen) atoms. The zero-order valence-electron chi connectivity index (χ0n) is 13.2. The number of halogens is 1. The number of carbonyl (C=O) groups is 1. The summed E-state index contributed by atoms with van der Waals surface area (Å²) < 4.78 is 5.80. The maximum Gasteiger partial charge on any atom is 0.257 e. The second-order valence-corrected chi connectivity index (χ2v) is 5.96. The fourth-order valence-corrected chi connectivity index (χ4v) is 2.79. The Hall–Kier alpha value is -2.18. The number of likely N-dealkylation sites (tertiary alicyclic amines) is 1. The highest BCUT2D eigenvalue weighted by Crippen LogP contribution is 2.22. The van der Waals surface area contributed by atoms with Gasteiger partial charge in [-0.2, -0.15) is 0 Å². The molecule has 1 aliphatic rings. The monoisotopic (exact) mass is 346 g/mol. The lowest BCUT2D eigenvalue weighted by Crippen LogP contribution is -2.25. The highest BCUT2D eigenvalue weighted by Gasteiger charge is 2.14. The average Bonchev–Trinajstić information content (AvgIpc) is 3.10. The van der Waals surface area contributed by atoms with Crippen LogP contribution < -0.4 is 10.1 Å². The Morgan fingerprint density at radius 1 is 1.25 bits per heavy atom. The summed E-state index contributed by atoms with van der Waals surface area (Å²) in [5.74, 6) is 0.657. The number of amides is 1. The number of nitrogens with zero attached hydrogens (tertiary/aromatic N) is 3. The number of aromatic nitrogens is 2. The van der Waals surface area contributed by atoms with Gasteiger partial charge in [0.2, 0.25) is 0 Å². The van der Waals surface area contributed by atoms with Crippen molar-refractivity contribution >= 4 is 23.3 Å². The normalized spacial score (nSPS) is 14.5. The van der Waals surface area contributed by atoms with Crippen molar-refractivity contribution in [2.75, 3.05) is 31.6 Å². The predicted octanol–water partition coefficient (Wildman–Crippen LogP) is 2.86. The molecule has 1 saturated heterocycles. The summed E-state index contributed by atoms with van der Waals surface area (Å²) in [4.78, 5) is 22.7. The number of carbonyl (C=O) groups excluding carboxylic acids is 1. The van der Waals surface area contributed by atoms with Crippen LogP contribution in [0.5, 0.6) is 5.75 Å². The molecule has 2 aromatic heterocycles. The van der Waals surface area contributed by atoms with E-state index in [0.717, 1.165) is 19.6 Å². The summed E-state index contributed by atoms with van der Waals surface area (Å²) in [7, 11) is 0. The topological polar surface area (TPSA) is 67.3 Å². The Kier molecular flexibility index (Phi) is 5.61. The predicted molar refractivity (Wildman–Crippen MR) is 92.6 cm³/mol. The maximum absolute atomic E-state index is 12.3. The maximum atomic E-state index is 12.3. The highest BCUT2D eigenvalue weighted by molar-refractivity contribution is 6.29. The SMILES string of the molecule is O=C(Nc1ncccc1OCCN1CCCC1)c1ccnc(Cl)c1. The number of ether oxygens (including phenoxy) is 1. The number of nitrogens with one attached hydrogen (secondary N) is 1. The molecule has 126 valence electrons. The summed E-state index contributed by atoms with van der Waals surface area (Å²) in [5.41, 5.74) is 0.420. The van der Waals surface area contributed by atoms with Gasteiger partial charge in [-0.3, -0.25) is 9.69 Å². The van der Waals surface area contributed by atoms with Crippen LogP contribution in [0.2, 0.25) is 5.15 Å². The van der Waals surface area contributed by atoms with Gasteiger partial charge < -0.3 is 10.1 Å². The molecule has 3 rings (SSSR count). The Balaban J connectivity index is 1.61. The van der Waals surface area contributed by atoms with E-state index in [0.29, 0.717) is 23.7 Å². The van der Waals surface area contributed by atoms with E-state index in [1.165, 1.54) is 25.1 Å². The molecule has 1 amide bonds. The van der Waals surface area contributed by atoms with Crippen LogP contribution in [0.25, 0.3) is 0 Å². The van der Waals surface area contributed by atoms with E-state index in [1.807, 2.05) is 0 Å². The summed E-state index contributed by atoms with van der Waals surface area (Å²) in [6.07, 6.45) is 5.61. The van der Waals surface area contributed by atoms with Crippen LogP contribution in [-0.2, 0) is 0 Å². The molecule has 0 aliphatic carbocycles. The standard InChI is InChI=1S/C17H19ClN4O2/c18-15-12-13(5-7-19-15)17(23)21-16-14(4-3-6-20-16)24-11-10-22-8-1-2-9-22/h3-7,12H,1-2,8-11H2,(H,20,21,23). The van der Waals surface area contributed by atoms with Crippen LogP contribution in [0.4, 0.5) is 5.82 Å². The minimum atomic E-state index is -0.303. The molecule has 0 spiro atoms. The lowest BCUT2D eigenvalue weighted by atomic mass is 10.2. The number of pyridine rings is 2. The molecular formula is C17H19ClN4O2. The summed E-state index contributed by atoms with van der Waals surface area (Å²) in [6.45, 7) is 3.70. The van der Waals surface area contributed by atoms with Gasteiger partial charge in [-0.1, -0.05) is 11.6 Å². The van der Waals surface area contributed by atoms with Crippen molar-refractivity contribution in [2.24, 2.45) is 0 Å². The zero-order chi connectivity index (χ0) is 16.8. The molecule has 0 aromatic carbocycles. The lowest BCUT2D eigenvalue weighted by Gasteiger charge is -2.16. The lowest BCUT2D eigenvalue weighted by molar-refractivity contribution is 0.102. The third-order valence-electron chi connectivity index (χ3n) is 3.86. The highest BCUT2D eigenvalue weighted by atomic mass is 35.5. The van der Waals surface area contributed by atoms with Crippen LogP contribution >= 0.6 is 11.6 Å². The van der Waals surface area contributed by atoms with Crippen molar-refractivity contribution in [3.8, 4) is 5.75 Å². The first-order valence-electron chi connectivity index (χ1n) is 7.95. The Morgan fingerprint density at radius 2 is 2.08 bits per heavy atom. The summed E-state index contributed by atoms with van der Waals surface area (Å²) in [5, 5.41) is 3.03. The molecule has 6 nitrogen and oxygen atoms in total. The molecule has 1 fully saturated rings. The van der Waals surface area contributed by atoms with E-state index in [2.05, 4.69) is 20.2 Å². The smallest absolute Gasteiger partial charge is 0.257 e. The second kappa shape index (κ2) is 8.08. The summed E-state index contributed by atoms with van der Waals surface area (Å²) >= 11 is 5.82. The first-order valence-corrected chi connectivity index (χ1v) is 8.33. The van der Waals surface area contributed by atoms with Gasteiger partial charge in [0.1, 0.15) is 11.8 Å². The molecule has 1 aliphatic heterocycles. The zero-order valence-corrected chi connectivity index (χ0v) is 14.0. The Bertz CT molecular complexity index is 704. The van der Waals surface area contributed by atoms with Gasteiger partial charge >= 0.3 is 0 Å². The van der Waals surface area contributed by atoms with Gasteiger partial charge in [0.25, 0.3) is 5.91 Å². The van der Waals surface area contributed by atoms with E-state index in [4.69, 9.17) is 16.3 Å². The third-order valence-corrected chi connectivity index (χ3v) is 4.06. The Morgan fingerprint density at radius 3 is 2.88 bits per heavy atom. The Labute approximate surface area is 145 Å². The quantitative estimate of drug-likeness (QED) is 0.815. The molecule has 3 heterocycles. The molecule has 7 heteroatoms. The van der Waals surface area contributed by atoms with Crippen LogP contribution in [0.3, 0.4) is 0 Å². The number of hydrogen-bond acceptors (Lipinski definition) is 5.